The van der Waals surface area contributed by atoms with Gasteiger partial charge in [-0.1, -0.05) is 5.16 Å². The van der Waals surface area contributed by atoms with Crippen LogP contribution in [0.2, 0.25) is 0 Å². The number of nitrogens with zero attached hydrogens (tertiary/aromatic N) is 4. The van der Waals surface area contributed by atoms with E-state index in [1.165, 1.54) is 18.2 Å². The van der Waals surface area contributed by atoms with Gasteiger partial charge in [-0.3, -0.25) is 4.79 Å². The van der Waals surface area contributed by atoms with Crippen LogP contribution in [0.3, 0.4) is 0 Å². The summed E-state index contributed by atoms with van der Waals surface area (Å²) in [6, 6.07) is 11.1. The molecule has 0 saturated carbocycles. The maximum atomic E-state index is 13.4. The van der Waals surface area contributed by atoms with E-state index in [4.69, 9.17) is 4.52 Å². The normalized spacial score (nSPS) is 14.5. The van der Waals surface area contributed by atoms with E-state index in [1.807, 2.05) is 4.90 Å². The molecule has 162 valence electrons. The van der Waals surface area contributed by atoms with E-state index < -0.39 is 0 Å². The molecular formula is C23H24F2N4O2. The molecule has 8 heteroatoms. The van der Waals surface area contributed by atoms with Crippen LogP contribution in [0.4, 0.5) is 14.5 Å². The third-order valence-corrected chi connectivity index (χ3v) is 5.48. The third kappa shape index (κ3) is 5.07. The van der Waals surface area contributed by atoms with E-state index in [0.29, 0.717) is 48.9 Å². The van der Waals surface area contributed by atoms with Crippen LogP contribution >= 0.6 is 0 Å². The van der Waals surface area contributed by atoms with Crippen molar-refractivity contribution < 1.29 is 18.1 Å². The van der Waals surface area contributed by atoms with Gasteiger partial charge >= 0.3 is 0 Å². The minimum atomic E-state index is -0.284. The molecule has 0 radical (unpaired) electrons. The molecule has 4 rings (SSSR count). The second-order valence-electron chi connectivity index (χ2n) is 7.67. The Morgan fingerprint density at radius 2 is 1.87 bits per heavy atom. The van der Waals surface area contributed by atoms with Crippen LogP contribution in [0.15, 0.2) is 47.0 Å². The Morgan fingerprint density at radius 3 is 2.65 bits per heavy atom. The number of rotatable bonds is 5. The van der Waals surface area contributed by atoms with Crippen LogP contribution in [-0.4, -0.2) is 47.1 Å². The molecular weight excluding hydrogens is 402 g/mol. The number of amides is 1. The van der Waals surface area contributed by atoms with Crippen LogP contribution in [0.25, 0.3) is 11.4 Å². The summed E-state index contributed by atoms with van der Waals surface area (Å²) in [6.45, 7) is 4.49. The molecule has 3 aromatic rings. The topological polar surface area (TPSA) is 62.5 Å². The molecule has 0 bridgehead atoms. The molecule has 1 aliphatic heterocycles. The van der Waals surface area contributed by atoms with E-state index in [2.05, 4.69) is 15.0 Å². The van der Waals surface area contributed by atoms with E-state index in [1.54, 1.807) is 31.2 Å². The van der Waals surface area contributed by atoms with Crippen LogP contribution in [0.1, 0.15) is 24.3 Å². The number of hydrogen-bond acceptors (Lipinski definition) is 5. The first-order chi connectivity index (χ1) is 15.0. The number of aryl methyl sites for hydroxylation is 2. The SMILES string of the molecule is Cc1cc(-c2noc(CCC(=O)N3CCCN(c4ccc(F)cc4)CC3)n2)ccc1F. The fourth-order valence-electron chi connectivity index (χ4n) is 3.71. The number of carbonyl (C=O) groups is 1. The van der Waals surface area contributed by atoms with Gasteiger partial charge in [0, 0.05) is 50.3 Å². The molecule has 1 aromatic heterocycles. The van der Waals surface area contributed by atoms with E-state index in [-0.39, 0.29) is 24.0 Å². The van der Waals surface area contributed by atoms with Gasteiger partial charge in [0.15, 0.2) is 0 Å². The lowest BCUT2D eigenvalue weighted by Crippen LogP contribution is -2.35. The second kappa shape index (κ2) is 9.24. The summed E-state index contributed by atoms with van der Waals surface area (Å²) >= 11 is 0. The maximum Gasteiger partial charge on any atom is 0.227 e. The van der Waals surface area contributed by atoms with Gasteiger partial charge in [-0.25, -0.2) is 8.78 Å². The summed E-state index contributed by atoms with van der Waals surface area (Å²) in [5, 5.41) is 3.95. The Bertz CT molecular complexity index is 1050. The fourth-order valence-corrected chi connectivity index (χ4v) is 3.71. The van der Waals surface area contributed by atoms with Gasteiger partial charge in [-0.2, -0.15) is 4.98 Å². The number of halogens is 2. The highest BCUT2D eigenvalue weighted by Crippen LogP contribution is 2.20. The molecule has 0 atom stereocenters. The largest absolute Gasteiger partial charge is 0.370 e. The average molecular weight is 426 g/mol. The summed E-state index contributed by atoms with van der Waals surface area (Å²) in [7, 11) is 0. The first kappa shape index (κ1) is 21.0. The summed E-state index contributed by atoms with van der Waals surface area (Å²) in [5.74, 6) is 0.268. The van der Waals surface area contributed by atoms with Gasteiger partial charge in [0.05, 0.1) is 0 Å². The zero-order valence-corrected chi connectivity index (χ0v) is 17.4. The Hall–Kier alpha value is -3.29. The van der Waals surface area contributed by atoms with Gasteiger partial charge in [-0.05, 0) is 61.4 Å². The monoisotopic (exact) mass is 426 g/mol. The summed E-state index contributed by atoms with van der Waals surface area (Å²) < 4.78 is 31.9. The van der Waals surface area contributed by atoms with Crippen molar-refractivity contribution >= 4 is 11.6 Å². The van der Waals surface area contributed by atoms with Crippen LogP contribution in [0, 0.1) is 18.6 Å². The highest BCUT2D eigenvalue weighted by atomic mass is 19.1. The molecule has 0 spiro atoms. The van der Waals surface area contributed by atoms with Crippen LogP contribution in [-0.2, 0) is 11.2 Å². The molecule has 0 unspecified atom stereocenters. The van der Waals surface area contributed by atoms with Crippen molar-refractivity contribution in [3.63, 3.8) is 0 Å². The number of aromatic nitrogens is 2. The van der Waals surface area contributed by atoms with Gasteiger partial charge in [0.25, 0.3) is 0 Å². The Balaban J connectivity index is 1.31. The molecule has 2 heterocycles. The molecule has 31 heavy (non-hydrogen) atoms. The molecule has 1 aliphatic rings. The summed E-state index contributed by atoms with van der Waals surface area (Å²) in [5.41, 5.74) is 2.15. The molecule has 0 N–H and O–H groups in total. The van der Waals surface area contributed by atoms with Crippen LogP contribution < -0.4 is 4.90 Å². The summed E-state index contributed by atoms with van der Waals surface area (Å²) in [4.78, 5) is 21.1. The van der Waals surface area contributed by atoms with Crippen molar-refractivity contribution in [1.29, 1.82) is 0 Å². The zero-order chi connectivity index (χ0) is 21.8. The van der Waals surface area contributed by atoms with Crippen molar-refractivity contribution in [2.45, 2.75) is 26.2 Å². The van der Waals surface area contributed by atoms with Gasteiger partial charge in [-0.15, -0.1) is 0 Å². The predicted octanol–water partition coefficient (Wildman–Crippen LogP) is 3.99. The van der Waals surface area contributed by atoms with Crippen molar-refractivity contribution in [3.8, 4) is 11.4 Å². The fraction of sp³-hybridized carbons (Fsp3) is 0.348. The minimum Gasteiger partial charge on any atom is -0.370 e. The quantitative estimate of drug-likeness (QED) is 0.617. The first-order valence-corrected chi connectivity index (χ1v) is 10.4. The van der Waals surface area contributed by atoms with E-state index in [9.17, 15) is 13.6 Å². The van der Waals surface area contributed by atoms with Gasteiger partial charge < -0.3 is 14.3 Å². The number of hydrogen-bond donors (Lipinski definition) is 0. The molecule has 1 saturated heterocycles. The van der Waals surface area contributed by atoms with Crippen molar-refractivity contribution in [1.82, 2.24) is 15.0 Å². The standard InChI is InChI=1S/C23H24F2N4O2/c1-16-15-17(3-8-20(16)25)23-26-21(31-27-23)9-10-22(30)29-12-2-11-28(13-14-29)19-6-4-18(24)5-7-19/h3-8,15H,2,9-14H2,1H3. The van der Waals surface area contributed by atoms with E-state index in [0.717, 1.165) is 18.7 Å². The van der Waals surface area contributed by atoms with E-state index >= 15 is 0 Å². The lowest BCUT2D eigenvalue weighted by atomic mass is 10.1. The second-order valence-corrected chi connectivity index (χ2v) is 7.67. The third-order valence-electron chi connectivity index (χ3n) is 5.48. The number of benzene rings is 2. The smallest absolute Gasteiger partial charge is 0.227 e. The molecule has 2 aromatic carbocycles. The lowest BCUT2D eigenvalue weighted by Gasteiger charge is -2.23. The molecule has 1 amide bonds. The Kier molecular flexibility index (Phi) is 6.25. The highest BCUT2D eigenvalue weighted by molar-refractivity contribution is 5.76. The average Bonchev–Trinajstić information content (AvgIpc) is 3.11. The van der Waals surface area contributed by atoms with Gasteiger partial charge in [0.1, 0.15) is 11.6 Å². The van der Waals surface area contributed by atoms with Crippen LogP contribution in [0.5, 0.6) is 0 Å². The summed E-state index contributed by atoms with van der Waals surface area (Å²) in [6.07, 6.45) is 1.47. The van der Waals surface area contributed by atoms with Crippen molar-refractivity contribution in [2.75, 3.05) is 31.1 Å². The molecule has 0 aliphatic carbocycles. The van der Waals surface area contributed by atoms with Crippen molar-refractivity contribution in [3.05, 3.63) is 65.6 Å². The zero-order valence-electron chi connectivity index (χ0n) is 17.4. The number of carbonyl (C=O) groups excluding carboxylic acids is 1. The number of anilines is 1. The Labute approximate surface area is 179 Å². The highest BCUT2D eigenvalue weighted by Gasteiger charge is 2.20. The lowest BCUT2D eigenvalue weighted by molar-refractivity contribution is -0.131. The maximum absolute atomic E-state index is 13.4. The predicted molar refractivity (Wildman–Crippen MR) is 113 cm³/mol. The minimum absolute atomic E-state index is 0.0401. The molecule has 1 fully saturated rings. The van der Waals surface area contributed by atoms with Crippen molar-refractivity contribution in [2.24, 2.45) is 0 Å². The van der Waals surface area contributed by atoms with Gasteiger partial charge in [0.2, 0.25) is 17.6 Å². The molecule has 6 nitrogen and oxygen atoms in total. The Morgan fingerprint density at radius 1 is 1.06 bits per heavy atom. The first-order valence-electron chi connectivity index (χ1n) is 10.4.